The summed E-state index contributed by atoms with van der Waals surface area (Å²) in [4.78, 5) is 14.9. The fraction of sp³-hybridized carbons (Fsp3) is 0.429. The first-order valence-electron chi connectivity index (χ1n) is 3.73. The van der Waals surface area contributed by atoms with Crippen LogP contribution in [0.15, 0.2) is 17.1 Å². The number of aromatic nitrogens is 2. The van der Waals surface area contributed by atoms with Crippen LogP contribution in [0.3, 0.4) is 0 Å². The lowest BCUT2D eigenvalue weighted by molar-refractivity contribution is 0.592. The summed E-state index contributed by atoms with van der Waals surface area (Å²) in [6, 6.07) is 1.65. The molecule has 0 saturated carbocycles. The minimum Gasteiger partial charge on any atom is -0.383 e. The molecule has 1 aromatic rings. The van der Waals surface area contributed by atoms with E-state index in [-0.39, 0.29) is 11.1 Å². The van der Waals surface area contributed by atoms with Crippen molar-refractivity contribution in [1.29, 1.82) is 0 Å². The second-order valence-electron chi connectivity index (χ2n) is 2.66. The Bertz CT molecular complexity index is 345. The maximum atomic E-state index is 11.2. The minimum absolute atomic E-state index is 0.243. The highest BCUT2D eigenvalue weighted by Gasteiger charge is 2.20. The molecule has 1 saturated heterocycles. The van der Waals surface area contributed by atoms with Crippen LogP contribution in [0.1, 0.15) is 11.8 Å². The lowest BCUT2D eigenvalue weighted by atomic mass is 10.4. The maximum Gasteiger partial charge on any atom is 0.350 e. The van der Waals surface area contributed by atoms with E-state index in [0.29, 0.717) is 5.82 Å². The molecule has 1 unspecified atom stereocenters. The van der Waals surface area contributed by atoms with Gasteiger partial charge in [-0.1, -0.05) is 0 Å². The molecule has 5 heteroatoms. The highest BCUT2D eigenvalue weighted by molar-refractivity contribution is 8.00. The van der Waals surface area contributed by atoms with E-state index in [4.69, 9.17) is 5.73 Å². The molecule has 1 atom stereocenters. The van der Waals surface area contributed by atoms with Crippen LogP contribution in [0.25, 0.3) is 0 Å². The van der Waals surface area contributed by atoms with Crippen LogP contribution in [-0.2, 0) is 0 Å². The summed E-state index contributed by atoms with van der Waals surface area (Å²) >= 11 is 1.76. The largest absolute Gasteiger partial charge is 0.383 e. The summed E-state index contributed by atoms with van der Waals surface area (Å²) in [6.07, 6.45) is 2.76. The molecule has 0 spiro atoms. The third-order valence-electron chi connectivity index (χ3n) is 1.84. The van der Waals surface area contributed by atoms with Gasteiger partial charge in [-0.05, 0) is 18.2 Å². The normalized spacial score (nSPS) is 21.8. The number of nitrogens with zero attached hydrogens (tertiary/aromatic N) is 2. The molecule has 0 aromatic carbocycles. The van der Waals surface area contributed by atoms with Crippen molar-refractivity contribution in [2.75, 3.05) is 11.5 Å². The van der Waals surface area contributed by atoms with E-state index < -0.39 is 0 Å². The van der Waals surface area contributed by atoms with Gasteiger partial charge in [-0.3, -0.25) is 4.57 Å². The molecule has 1 aliphatic heterocycles. The van der Waals surface area contributed by atoms with Crippen LogP contribution >= 0.6 is 11.8 Å². The van der Waals surface area contributed by atoms with Gasteiger partial charge >= 0.3 is 5.69 Å². The van der Waals surface area contributed by atoms with Crippen LogP contribution in [0, 0.1) is 0 Å². The van der Waals surface area contributed by atoms with Crippen molar-refractivity contribution in [2.24, 2.45) is 0 Å². The van der Waals surface area contributed by atoms with Crippen LogP contribution in [0.5, 0.6) is 0 Å². The average molecular weight is 183 g/mol. The fourth-order valence-corrected chi connectivity index (χ4v) is 1.86. The van der Waals surface area contributed by atoms with Gasteiger partial charge in [-0.2, -0.15) is 4.98 Å². The number of nitrogen functional groups attached to an aromatic ring is 1. The summed E-state index contributed by atoms with van der Waals surface area (Å²) in [5.74, 6) is 1.42. The predicted octanol–water partition coefficient (Wildman–Crippen LogP) is 0.461. The van der Waals surface area contributed by atoms with Crippen molar-refractivity contribution >= 4 is 17.6 Å². The minimum atomic E-state index is -0.243. The van der Waals surface area contributed by atoms with Gasteiger partial charge in [0.05, 0.1) is 5.37 Å². The Morgan fingerprint density at radius 1 is 1.75 bits per heavy atom. The molecule has 0 amide bonds. The number of thioether (sulfide) groups is 1. The molecule has 1 aliphatic rings. The summed E-state index contributed by atoms with van der Waals surface area (Å²) in [7, 11) is 0. The zero-order chi connectivity index (χ0) is 8.55. The topological polar surface area (TPSA) is 60.9 Å². The van der Waals surface area contributed by atoms with E-state index in [1.807, 2.05) is 0 Å². The van der Waals surface area contributed by atoms with Gasteiger partial charge in [0.25, 0.3) is 0 Å². The van der Waals surface area contributed by atoms with E-state index in [0.717, 1.165) is 12.2 Å². The summed E-state index contributed by atoms with van der Waals surface area (Å²) < 4.78 is 1.63. The van der Waals surface area contributed by atoms with E-state index in [9.17, 15) is 4.79 Å². The molecule has 0 bridgehead atoms. The van der Waals surface area contributed by atoms with Gasteiger partial charge < -0.3 is 5.73 Å². The van der Waals surface area contributed by atoms with Crippen molar-refractivity contribution in [3.63, 3.8) is 0 Å². The first-order valence-corrected chi connectivity index (χ1v) is 4.78. The lowest BCUT2D eigenvalue weighted by Gasteiger charge is -2.26. The van der Waals surface area contributed by atoms with Crippen molar-refractivity contribution in [3.8, 4) is 0 Å². The summed E-state index contributed by atoms with van der Waals surface area (Å²) in [6.45, 7) is 0. The van der Waals surface area contributed by atoms with Gasteiger partial charge in [0.2, 0.25) is 0 Å². The second kappa shape index (κ2) is 2.82. The van der Waals surface area contributed by atoms with E-state index in [1.165, 1.54) is 0 Å². The molecule has 2 rings (SSSR count). The fourth-order valence-electron chi connectivity index (χ4n) is 1.09. The third kappa shape index (κ3) is 1.20. The maximum absolute atomic E-state index is 11.2. The second-order valence-corrected chi connectivity index (χ2v) is 3.94. The zero-order valence-corrected chi connectivity index (χ0v) is 7.25. The predicted molar refractivity (Wildman–Crippen MR) is 49.0 cm³/mol. The molecule has 64 valence electrons. The van der Waals surface area contributed by atoms with Gasteiger partial charge in [-0.25, -0.2) is 4.79 Å². The van der Waals surface area contributed by atoms with E-state index >= 15 is 0 Å². The highest BCUT2D eigenvalue weighted by atomic mass is 32.2. The molecule has 4 nitrogen and oxygen atoms in total. The van der Waals surface area contributed by atoms with Gasteiger partial charge in [0, 0.05) is 6.20 Å². The van der Waals surface area contributed by atoms with Crippen molar-refractivity contribution in [2.45, 2.75) is 11.8 Å². The monoisotopic (exact) mass is 183 g/mol. The highest BCUT2D eigenvalue weighted by Crippen LogP contribution is 2.36. The molecular formula is C7H9N3OS. The molecule has 0 aliphatic carbocycles. The quantitative estimate of drug-likeness (QED) is 0.687. The summed E-state index contributed by atoms with van der Waals surface area (Å²) in [5.41, 5.74) is 5.11. The Balaban J connectivity index is 2.37. The molecule has 12 heavy (non-hydrogen) atoms. The Hall–Kier alpha value is -0.970. The number of nitrogens with two attached hydrogens (primary N) is 1. The standard InChI is InChI=1S/C7H9N3OS/c8-5-1-3-10(7(11)9-5)6-2-4-12-6/h1,3,6H,2,4H2,(H2,8,9,11). The van der Waals surface area contributed by atoms with Crippen molar-refractivity contribution in [3.05, 3.63) is 22.7 Å². The molecule has 2 N–H and O–H groups in total. The van der Waals surface area contributed by atoms with Gasteiger partial charge in [-0.15, -0.1) is 11.8 Å². The number of rotatable bonds is 1. The smallest absolute Gasteiger partial charge is 0.350 e. The Morgan fingerprint density at radius 3 is 3.00 bits per heavy atom. The van der Waals surface area contributed by atoms with Crippen LogP contribution in [0.4, 0.5) is 5.82 Å². The first kappa shape index (κ1) is 7.67. The number of hydrogen-bond acceptors (Lipinski definition) is 4. The van der Waals surface area contributed by atoms with Crippen LogP contribution in [-0.4, -0.2) is 15.3 Å². The summed E-state index contributed by atoms with van der Waals surface area (Å²) in [5, 5.41) is 0.283. The molecule has 1 aromatic heterocycles. The zero-order valence-electron chi connectivity index (χ0n) is 6.43. The average Bonchev–Trinajstić information content (AvgIpc) is 1.91. The Labute approximate surface area is 73.8 Å². The Kier molecular flexibility index (Phi) is 1.80. The third-order valence-corrected chi connectivity index (χ3v) is 3.16. The molecule has 0 radical (unpaired) electrons. The number of hydrogen-bond donors (Lipinski definition) is 1. The van der Waals surface area contributed by atoms with Crippen molar-refractivity contribution in [1.82, 2.24) is 9.55 Å². The molecule has 2 heterocycles. The SMILES string of the molecule is Nc1ccn(C2CCS2)c(=O)n1. The molecular weight excluding hydrogens is 174 g/mol. The van der Waals surface area contributed by atoms with Gasteiger partial charge in [0.15, 0.2) is 0 Å². The molecule has 1 fully saturated rings. The number of anilines is 1. The van der Waals surface area contributed by atoms with E-state index in [2.05, 4.69) is 4.98 Å². The first-order chi connectivity index (χ1) is 5.77. The van der Waals surface area contributed by atoms with E-state index in [1.54, 1.807) is 28.6 Å². The van der Waals surface area contributed by atoms with Crippen LogP contribution in [0.2, 0.25) is 0 Å². The van der Waals surface area contributed by atoms with Gasteiger partial charge in [0.1, 0.15) is 5.82 Å². The van der Waals surface area contributed by atoms with Crippen LogP contribution < -0.4 is 11.4 Å². The lowest BCUT2D eigenvalue weighted by Crippen LogP contribution is -2.29. The Morgan fingerprint density at radius 2 is 2.50 bits per heavy atom. The van der Waals surface area contributed by atoms with Crippen molar-refractivity contribution < 1.29 is 0 Å².